The van der Waals surface area contributed by atoms with Crippen LogP contribution in [0.4, 0.5) is 0 Å². The summed E-state index contributed by atoms with van der Waals surface area (Å²) in [5.41, 5.74) is 2.97. The highest BCUT2D eigenvalue weighted by Crippen LogP contribution is 2.30. The SMILES string of the molecule is Cc1cnc(-c2ccncc2)n1C1CCN(C(=O)c2ccsc2)C1. The van der Waals surface area contributed by atoms with Gasteiger partial charge in [0.1, 0.15) is 5.82 Å². The molecular weight excluding hydrogens is 320 g/mol. The standard InChI is InChI=1S/C18H18N4OS/c1-13-10-20-17(14-2-6-19-7-3-14)22(13)16-4-8-21(11-16)18(23)15-5-9-24-12-15/h2-3,5-7,9-10,12,16H,4,8,11H2,1H3. The normalized spacial score (nSPS) is 17.4. The fraction of sp³-hybridized carbons (Fsp3) is 0.278. The first-order valence-corrected chi connectivity index (χ1v) is 8.94. The third kappa shape index (κ3) is 2.63. The van der Waals surface area contributed by atoms with Gasteiger partial charge in [0.2, 0.25) is 0 Å². The lowest BCUT2D eigenvalue weighted by atomic mass is 10.2. The topological polar surface area (TPSA) is 51.0 Å². The highest BCUT2D eigenvalue weighted by molar-refractivity contribution is 7.08. The quantitative estimate of drug-likeness (QED) is 0.735. The number of aryl methyl sites for hydroxylation is 1. The van der Waals surface area contributed by atoms with Crippen LogP contribution in [-0.4, -0.2) is 38.4 Å². The second-order valence-electron chi connectivity index (χ2n) is 6.03. The zero-order chi connectivity index (χ0) is 16.5. The summed E-state index contributed by atoms with van der Waals surface area (Å²) in [4.78, 5) is 23.2. The van der Waals surface area contributed by atoms with Crippen LogP contribution in [-0.2, 0) is 0 Å². The number of thiophene rings is 1. The molecular formula is C18H18N4OS. The Kier molecular flexibility index (Phi) is 3.90. The third-order valence-corrected chi connectivity index (χ3v) is 5.19. The summed E-state index contributed by atoms with van der Waals surface area (Å²) in [6, 6.07) is 6.10. The van der Waals surface area contributed by atoms with Crippen LogP contribution in [0.5, 0.6) is 0 Å². The molecule has 1 aliphatic heterocycles. The maximum Gasteiger partial charge on any atom is 0.254 e. The first-order chi connectivity index (χ1) is 11.7. The van der Waals surface area contributed by atoms with Gasteiger partial charge in [-0.15, -0.1) is 0 Å². The maximum atomic E-state index is 12.6. The van der Waals surface area contributed by atoms with Crippen molar-refractivity contribution in [3.63, 3.8) is 0 Å². The van der Waals surface area contributed by atoms with E-state index in [2.05, 4.69) is 21.5 Å². The third-order valence-electron chi connectivity index (χ3n) is 4.50. The van der Waals surface area contributed by atoms with Crippen LogP contribution < -0.4 is 0 Å². The van der Waals surface area contributed by atoms with Crippen LogP contribution in [0.25, 0.3) is 11.4 Å². The van der Waals surface area contributed by atoms with Crippen molar-refractivity contribution in [2.24, 2.45) is 0 Å². The Balaban J connectivity index is 1.60. The van der Waals surface area contributed by atoms with Gasteiger partial charge in [-0.25, -0.2) is 4.98 Å². The van der Waals surface area contributed by atoms with Crippen LogP contribution in [0.15, 0.2) is 47.5 Å². The fourth-order valence-corrected chi connectivity index (χ4v) is 3.96. The van der Waals surface area contributed by atoms with Crippen molar-refractivity contribution >= 4 is 17.2 Å². The van der Waals surface area contributed by atoms with E-state index in [-0.39, 0.29) is 11.9 Å². The van der Waals surface area contributed by atoms with Crippen molar-refractivity contribution in [2.45, 2.75) is 19.4 Å². The second kappa shape index (κ2) is 6.20. The molecule has 0 spiro atoms. The molecule has 4 heterocycles. The Morgan fingerprint density at radius 3 is 2.88 bits per heavy atom. The lowest BCUT2D eigenvalue weighted by molar-refractivity contribution is 0.0788. The van der Waals surface area contributed by atoms with E-state index >= 15 is 0 Å². The number of hydrogen-bond acceptors (Lipinski definition) is 4. The van der Waals surface area contributed by atoms with Crippen LogP contribution >= 0.6 is 11.3 Å². The molecule has 5 nitrogen and oxygen atoms in total. The van der Waals surface area contributed by atoms with E-state index in [1.54, 1.807) is 23.7 Å². The minimum absolute atomic E-state index is 0.127. The van der Waals surface area contributed by atoms with Crippen LogP contribution in [0, 0.1) is 6.92 Å². The molecule has 0 N–H and O–H groups in total. The van der Waals surface area contributed by atoms with Crippen molar-refractivity contribution in [1.82, 2.24) is 19.4 Å². The van der Waals surface area contributed by atoms with E-state index in [0.717, 1.165) is 42.2 Å². The van der Waals surface area contributed by atoms with Crippen molar-refractivity contribution in [3.8, 4) is 11.4 Å². The predicted molar refractivity (Wildman–Crippen MR) is 94.1 cm³/mol. The van der Waals surface area contributed by atoms with Crippen molar-refractivity contribution in [1.29, 1.82) is 0 Å². The van der Waals surface area contributed by atoms with Gasteiger partial charge >= 0.3 is 0 Å². The van der Waals surface area contributed by atoms with Gasteiger partial charge in [0.05, 0.1) is 11.6 Å². The van der Waals surface area contributed by atoms with Gasteiger partial charge in [0.15, 0.2) is 0 Å². The van der Waals surface area contributed by atoms with Gasteiger partial charge < -0.3 is 9.47 Å². The highest BCUT2D eigenvalue weighted by Gasteiger charge is 2.30. The molecule has 3 aromatic heterocycles. The van der Waals surface area contributed by atoms with Gasteiger partial charge in [-0.05, 0) is 36.9 Å². The average molecular weight is 338 g/mol. The lowest BCUT2D eigenvalue weighted by Gasteiger charge is -2.19. The summed E-state index contributed by atoms with van der Waals surface area (Å²) in [5.74, 6) is 1.08. The summed E-state index contributed by atoms with van der Waals surface area (Å²) >= 11 is 1.56. The maximum absolute atomic E-state index is 12.6. The number of rotatable bonds is 3. The number of amides is 1. The molecule has 1 fully saturated rings. The Hall–Kier alpha value is -2.47. The summed E-state index contributed by atoms with van der Waals surface area (Å²) in [6.45, 7) is 3.58. The first-order valence-electron chi connectivity index (χ1n) is 8.00. The van der Waals surface area contributed by atoms with Gasteiger partial charge in [0, 0.05) is 48.3 Å². The largest absolute Gasteiger partial charge is 0.336 e. The fourth-order valence-electron chi connectivity index (χ4n) is 3.33. The van der Waals surface area contributed by atoms with E-state index in [9.17, 15) is 4.79 Å². The minimum Gasteiger partial charge on any atom is -0.336 e. The van der Waals surface area contributed by atoms with Gasteiger partial charge in [-0.2, -0.15) is 11.3 Å². The van der Waals surface area contributed by atoms with Crippen molar-refractivity contribution < 1.29 is 4.79 Å². The molecule has 122 valence electrons. The zero-order valence-electron chi connectivity index (χ0n) is 13.4. The molecule has 1 atom stereocenters. The zero-order valence-corrected chi connectivity index (χ0v) is 14.2. The van der Waals surface area contributed by atoms with Crippen LogP contribution in [0.3, 0.4) is 0 Å². The predicted octanol–water partition coefficient (Wildman–Crippen LogP) is 3.40. The molecule has 1 aliphatic rings. The van der Waals surface area contributed by atoms with E-state index in [0.29, 0.717) is 0 Å². The van der Waals surface area contributed by atoms with Gasteiger partial charge in [-0.3, -0.25) is 9.78 Å². The molecule has 6 heteroatoms. The number of hydrogen-bond donors (Lipinski definition) is 0. The molecule has 3 aromatic rings. The Bertz CT molecular complexity index is 841. The number of aromatic nitrogens is 3. The van der Waals surface area contributed by atoms with Crippen LogP contribution in [0.1, 0.15) is 28.5 Å². The number of pyridine rings is 1. The smallest absolute Gasteiger partial charge is 0.254 e. The lowest BCUT2D eigenvalue weighted by Crippen LogP contribution is -2.29. The van der Waals surface area contributed by atoms with Crippen molar-refractivity contribution in [3.05, 3.63) is 58.8 Å². The number of nitrogens with zero attached hydrogens (tertiary/aromatic N) is 4. The van der Waals surface area contributed by atoms with E-state index < -0.39 is 0 Å². The molecule has 0 bridgehead atoms. The molecule has 1 amide bonds. The molecule has 0 saturated carbocycles. The molecule has 0 aliphatic carbocycles. The highest BCUT2D eigenvalue weighted by atomic mass is 32.1. The van der Waals surface area contributed by atoms with E-state index in [1.165, 1.54) is 0 Å². The van der Waals surface area contributed by atoms with E-state index in [1.807, 2.05) is 40.1 Å². The molecule has 0 radical (unpaired) electrons. The number of carbonyl (C=O) groups excluding carboxylic acids is 1. The molecule has 24 heavy (non-hydrogen) atoms. The second-order valence-corrected chi connectivity index (χ2v) is 6.81. The molecule has 0 aromatic carbocycles. The summed E-state index contributed by atoms with van der Waals surface area (Å²) in [7, 11) is 0. The summed E-state index contributed by atoms with van der Waals surface area (Å²) < 4.78 is 2.26. The van der Waals surface area contributed by atoms with Crippen LogP contribution in [0.2, 0.25) is 0 Å². The summed E-state index contributed by atoms with van der Waals surface area (Å²) in [5, 5.41) is 3.86. The Morgan fingerprint density at radius 1 is 1.29 bits per heavy atom. The first kappa shape index (κ1) is 15.1. The molecule has 1 unspecified atom stereocenters. The molecule has 1 saturated heterocycles. The average Bonchev–Trinajstić information content (AvgIpc) is 3.35. The minimum atomic E-state index is 0.127. The van der Waals surface area contributed by atoms with E-state index in [4.69, 9.17) is 0 Å². The number of imidazole rings is 1. The summed E-state index contributed by atoms with van der Waals surface area (Å²) in [6.07, 6.45) is 6.42. The van der Waals surface area contributed by atoms with Crippen molar-refractivity contribution in [2.75, 3.05) is 13.1 Å². The Morgan fingerprint density at radius 2 is 2.12 bits per heavy atom. The van der Waals surface area contributed by atoms with Gasteiger partial charge in [-0.1, -0.05) is 0 Å². The van der Waals surface area contributed by atoms with Gasteiger partial charge in [0.25, 0.3) is 5.91 Å². The molecule has 4 rings (SSSR count). The monoisotopic (exact) mass is 338 g/mol. The Labute approximate surface area is 144 Å². The number of likely N-dealkylation sites (tertiary alicyclic amines) is 1. The number of carbonyl (C=O) groups is 1.